The van der Waals surface area contributed by atoms with Crippen LogP contribution in [0.4, 0.5) is 5.69 Å². The lowest BCUT2D eigenvalue weighted by Gasteiger charge is -2.26. The predicted octanol–water partition coefficient (Wildman–Crippen LogP) is 1.70. The molecule has 0 radical (unpaired) electrons. The fourth-order valence-electron chi connectivity index (χ4n) is 2.78. The van der Waals surface area contributed by atoms with Gasteiger partial charge in [-0.3, -0.25) is 19.5 Å². The van der Waals surface area contributed by atoms with E-state index in [0.29, 0.717) is 17.8 Å². The summed E-state index contributed by atoms with van der Waals surface area (Å²) >= 11 is 0. The second-order valence-corrected chi connectivity index (χ2v) is 6.46. The molecule has 1 fully saturated rings. The van der Waals surface area contributed by atoms with Crippen LogP contribution < -0.4 is 10.6 Å². The highest BCUT2D eigenvalue weighted by Gasteiger charge is 2.13. The minimum Gasteiger partial charge on any atom is -0.379 e. The number of nitrogens with zero attached hydrogens (tertiary/aromatic N) is 2. The Labute approximate surface area is 158 Å². The lowest BCUT2D eigenvalue weighted by atomic mass is 10.2. The summed E-state index contributed by atoms with van der Waals surface area (Å²) in [7, 11) is 0. The van der Waals surface area contributed by atoms with Gasteiger partial charge in [-0.2, -0.15) is 0 Å². The van der Waals surface area contributed by atoms with Gasteiger partial charge < -0.3 is 15.4 Å². The standard InChI is InChI=1S/C20H24N4O3/c1-15-2-4-17(5-3-15)23-20(26)18-14-16(6-7-21-18)19(25)22-8-9-24-10-12-27-13-11-24/h2-7,14H,8-13H2,1H3,(H,22,25)(H,23,26). The molecular formula is C20H24N4O3. The number of hydrogen-bond acceptors (Lipinski definition) is 5. The van der Waals surface area contributed by atoms with Crippen molar-refractivity contribution in [2.45, 2.75) is 6.92 Å². The fourth-order valence-corrected chi connectivity index (χ4v) is 2.78. The third-order valence-electron chi connectivity index (χ3n) is 4.38. The molecule has 3 rings (SSSR count). The Kier molecular flexibility index (Phi) is 6.51. The number of ether oxygens (including phenoxy) is 1. The summed E-state index contributed by atoms with van der Waals surface area (Å²) in [6.07, 6.45) is 1.47. The van der Waals surface area contributed by atoms with Crippen molar-refractivity contribution in [3.05, 3.63) is 59.4 Å². The van der Waals surface area contributed by atoms with E-state index in [0.717, 1.165) is 38.4 Å². The summed E-state index contributed by atoms with van der Waals surface area (Å²) < 4.78 is 5.31. The topological polar surface area (TPSA) is 83.6 Å². The second-order valence-electron chi connectivity index (χ2n) is 6.46. The quantitative estimate of drug-likeness (QED) is 0.811. The predicted molar refractivity (Wildman–Crippen MR) is 103 cm³/mol. The zero-order chi connectivity index (χ0) is 19.1. The van der Waals surface area contributed by atoms with Crippen molar-refractivity contribution in [3.8, 4) is 0 Å². The number of aromatic nitrogens is 1. The lowest BCUT2D eigenvalue weighted by molar-refractivity contribution is 0.0383. The number of morpholine rings is 1. The highest BCUT2D eigenvalue weighted by atomic mass is 16.5. The van der Waals surface area contributed by atoms with Gasteiger partial charge in [-0.05, 0) is 31.2 Å². The van der Waals surface area contributed by atoms with Crippen LogP contribution in [-0.4, -0.2) is 61.1 Å². The van der Waals surface area contributed by atoms with E-state index in [9.17, 15) is 9.59 Å². The molecule has 2 amide bonds. The van der Waals surface area contributed by atoms with Gasteiger partial charge in [-0.15, -0.1) is 0 Å². The molecule has 2 N–H and O–H groups in total. The maximum absolute atomic E-state index is 12.4. The first-order chi connectivity index (χ1) is 13.1. The molecule has 142 valence electrons. The molecule has 0 spiro atoms. The van der Waals surface area contributed by atoms with Crippen molar-refractivity contribution < 1.29 is 14.3 Å². The van der Waals surface area contributed by atoms with E-state index in [2.05, 4.69) is 20.5 Å². The molecule has 1 saturated heterocycles. The first kappa shape index (κ1) is 19.0. The number of carbonyl (C=O) groups excluding carboxylic acids is 2. The molecule has 0 bridgehead atoms. The van der Waals surface area contributed by atoms with Gasteiger partial charge in [0.2, 0.25) is 0 Å². The van der Waals surface area contributed by atoms with Crippen molar-refractivity contribution in [2.24, 2.45) is 0 Å². The molecule has 27 heavy (non-hydrogen) atoms. The largest absolute Gasteiger partial charge is 0.379 e. The molecule has 0 aliphatic carbocycles. The van der Waals surface area contributed by atoms with Gasteiger partial charge >= 0.3 is 0 Å². The van der Waals surface area contributed by atoms with Crippen molar-refractivity contribution in [1.29, 1.82) is 0 Å². The van der Waals surface area contributed by atoms with E-state index in [1.165, 1.54) is 12.3 Å². The zero-order valence-corrected chi connectivity index (χ0v) is 15.4. The van der Waals surface area contributed by atoms with E-state index >= 15 is 0 Å². The summed E-state index contributed by atoms with van der Waals surface area (Å²) in [4.78, 5) is 31.0. The van der Waals surface area contributed by atoms with Crippen LogP contribution >= 0.6 is 0 Å². The first-order valence-corrected chi connectivity index (χ1v) is 9.04. The Morgan fingerprint density at radius 3 is 2.59 bits per heavy atom. The smallest absolute Gasteiger partial charge is 0.274 e. The highest BCUT2D eigenvalue weighted by Crippen LogP contribution is 2.11. The van der Waals surface area contributed by atoms with Crippen molar-refractivity contribution in [3.63, 3.8) is 0 Å². The Morgan fingerprint density at radius 1 is 1.11 bits per heavy atom. The molecular weight excluding hydrogens is 344 g/mol. The normalized spacial score (nSPS) is 14.6. The van der Waals surface area contributed by atoms with Crippen molar-refractivity contribution >= 4 is 17.5 Å². The molecule has 0 saturated carbocycles. The molecule has 1 aliphatic heterocycles. The number of pyridine rings is 1. The molecule has 0 atom stereocenters. The zero-order valence-electron chi connectivity index (χ0n) is 15.4. The summed E-state index contributed by atoms with van der Waals surface area (Å²) in [5.41, 5.74) is 2.42. The summed E-state index contributed by atoms with van der Waals surface area (Å²) in [6, 6.07) is 10.6. The minimum atomic E-state index is -0.346. The minimum absolute atomic E-state index is 0.205. The average molecular weight is 368 g/mol. The molecule has 1 aromatic carbocycles. The number of carbonyl (C=O) groups is 2. The van der Waals surface area contributed by atoms with Gasteiger partial charge in [0.1, 0.15) is 5.69 Å². The molecule has 1 aromatic heterocycles. The number of nitrogens with one attached hydrogen (secondary N) is 2. The number of benzene rings is 1. The fraction of sp³-hybridized carbons (Fsp3) is 0.350. The monoisotopic (exact) mass is 368 g/mol. The number of aryl methyl sites for hydroxylation is 1. The Bertz CT molecular complexity index is 786. The lowest BCUT2D eigenvalue weighted by Crippen LogP contribution is -2.41. The van der Waals surface area contributed by atoms with Gasteiger partial charge in [-0.25, -0.2) is 0 Å². The highest BCUT2D eigenvalue weighted by molar-refractivity contribution is 6.04. The Balaban J connectivity index is 1.54. The molecule has 2 aromatic rings. The summed E-state index contributed by atoms with van der Waals surface area (Å²) in [5, 5.41) is 5.67. The second kappa shape index (κ2) is 9.25. The third kappa shape index (κ3) is 5.60. The number of amides is 2. The summed E-state index contributed by atoms with van der Waals surface area (Å²) in [6.45, 7) is 6.54. The van der Waals surface area contributed by atoms with Crippen LogP contribution in [0.1, 0.15) is 26.4 Å². The molecule has 0 unspecified atom stereocenters. The Hall–Kier alpha value is -2.77. The van der Waals surface area contributed by atoms with E-state index in [1.54, 1.807) is 6.07 Å². The van der Waals surface area contributed by atoms with E-state index in [4.69, 9.17) is 4.74 Å². The Morgan fingerprint density at radius 2 is 1.85 bits per heavy atom. The van der Waals surface area contributed by atoms with Gasteiger partial charge in [0.05, 0.1) is 13.2 Å². The van der Waals surface area contributed by atoms with Crippen LogP contribution in [0, 0.1) is 6.92 Å². The third-order valence-corrected chi connectivity index (χ3v) is 4.38. The maximum Gasteiger partial charge on any atom is 0.274 e. The number of rotatable bonds is 6. The average Bonchev–Trinajstić information content (AvgIpc) is 2.70. The van der Waals surface area contributed by atoms with Crippen LogP contribution in [0.25, 0.3) is 0 Å². The van der Waals surface area contributed by atoms with Crippen LogP contribution in [-0.2, 0) is 4.74 Å². The number of hydrogen-bond donors (Lipinski definition) is 2. The van der Waals surface area contributed by atoms with Crippen molar-refractivity contribution in [1.82, 2.24) is 15.2 Å². The van der Waals surface area contributed by atoms with Crippen molar-refractivity contribution in [2.75, 3.05) is 44.7 Å². The van der Waals surface area contributed by atoms with E-state index in [1.807, 2.05) is 31.2 Å². The van der Waals surface area contributed by atoms with E-state index < -0.39 is 0 Å². The molecule has 1 aliphatic rings. The van der Waals surface area contributed by atoms with Crippen LogP contribution in [0.2, 0.25) is 0 Å². The molecule has 7 nitrogen and oxygen atoms in total. The number of anilines is 1. The maximum atomic E-state index is 12.4. The van der Waals surface area contributed by atoms with Gasteiger partial charge in [0, 0.05) is 43.6 Å². The van der Waals surface area contributed by atoms with Crippen LogP contribution in [0.3, 0.4) is 0 Å². The van der Waals surface area contributed by atoms with Gasteiger partial charge in [0.25, 0.3) is 11.8 Å². The summed E-state index contributed by atoms with van der Waals surface area (Å²) in [5.74, 6) is -0.558. The van der Waals surface area contributed by atoms with Crippen LogP contribution in [0.5, 0.6) is 0 Å². The van der Waals surface area contributed by atoms with Gasteiger partial charge in [-0.1, -0.05) is 17.7 Å². The molecule has 7 heteroatoms. The first-order valence-electron chi connectivity index (χ1n) is 9.04. The molecule has 2 heterocycles. The van der Waals surface area contributed by atoms with Gasteiger partial charge in [0.15, 0.2) is 0 Å². The SMILES string of the molecule is Cc1ccc(NC(=O)c2cc(C(=O)NCCN3CCOCC3)ccn2)cc1. The van der Waals surface area contributed by atoms with Crippen LogP contribution in [0.15, 0.2) is 42.6 Å². The van der Waals surface area contributed by atoms with E-state index in [-0.39, 0.29) is 17.5 Å².